The van der Waals surface area contributed by atoms with E-state index in [0.29, 0.717) is 35.5 Å². The van der Waals surface area contributed by atoms with E-state index in [1.54, 1.807) is 23.1 Å². The highest BCUT2D eigenvalue weighted by Crippen LogP contribution is 2.16. The standard InChI is InChI=1S/C11H11N7O2/c1-19-9-2-8(13-6-14-9)11-16-10(20-17-11)5-18-4-7(12)3-15-18/h2-4,6H,5,12H2,1H3. The number of anilines is 1. The molecular weight excluding hydrogens is 262 g/mol. The first-order valence-corrected chi connectivity index (χ1v) is 5.71. The molecule has 0 radical (unpaired) electrons. The molecule has 9 heteroatoms. The fourth-order valence-electron chi connectivity index (χ4n) is 1.60. The number of ether oxygens (including phenoxy) is 1. The third kappa shape index (κ3) is 2.41. The summed E-state index contributed by atoms with van der Waals surface area (Å²) in [5, 5.41) is 7.90. The molecule has 3 aromatic heterocycles. The molecule has 2 N–H and O–H groups in total. The lowest BCUT2D eigenvalue weighted by Crippen LogP contribution is -2.00. The zero-order chi connectivity index (χ0) is 13.9. The number of nitrogens with two attached hydrogens (primary N) is 1. The molecule has 0 amide bonds. The smallest absolute Gasteiger partial charge is 0.248 e. The number of methoxy groups -OCH3 is 1. The molecule has 9 nitrogen and oxygen atoms in total. The number of nitrogen functional groups attached to an aromatic ring is 1. The summed E-state index contributed by atoms with van der Waals surface area (Å²) in [5.41, 5.74) is 6.67. The third-order valence-electron chi connectivity index (χ3n) is 2.50. The first-order chi connectivity index (χ1) is 9.74. The molecular formula is C11H11N7O2. The minimum Gasteiger partial charge on any atom is -0.481 e. The number of hydrogen-bond donors (Lipinski definition) is 1. The molecule has 102 valence electrons. The van der Waals surface area contributed by atoms with E-state index in [-0.39, 0.29) is 0 Å². The largest absolute Gasteiger partial charge is 0.481 e. The van der Waals surface area contributed by atoms with Crippen LogP contribution in [-0.2, 0) is 6.54 Å². The first kappa shape index (κ1) is 12.1. The van der Waals surface area contributed by atoms with Crippen LogP contribution >= 0.6 is 0 Å². The van der Waals surface area contributed by atoms with Gasteiger partial charge in [-0.3, -0.25) is 4.68 Å². The predicted molar refractivity (Wildman–Crippen MR) is 67.6 cm³/mol. The Bertz CT molecular complexity index is 721. The molecule has 20 heavy (non-hydrogen) atoms. The molecule has 0 aromatic carbocycles. The Labute approximate surface area is 113 Å². The molecule has 0 spiro atoms. The second kappa shape index (κ2) is 4.96. The first-order valence-electron chi connectivity index (χ1n) is 5.71. The zero-order valence-electron chi connectivity index (χ0n) is 10.6. The second-order valence-corrected chi connectivity index (χ2v) is 3.93. The Morgan fingerprint density at radius 1 is 1.40 bits per heavy atom. The van der Waals surface area contributed by atoms with Crippen molar-refractivity contribution in [3.8, 4) is 17.4 Å². The topological polar surface area (TPSA) is 118 Å². The van der Waals surface area contributed by atoms with Gasteiger partial charge in [0.25, 0.3) is 0 Å². The van der Waals surface area contributed by atoms with Gasteiger partial charge in [-0.05, 0) is 0 Å². The molecule has 0 atom stereocenters. The number of nitrogens with zero attached hydrogens (tertiary/aromatic N) is 6. The SMILES string of the molecule is COc1cc(-c2noc(Cn3cc(N)cn3)n2)ncn1. The van der Waals surface area contributed by atoms with Crippen molar-refractivity contribution in [1.82, 2.24) is 29.9 Å². The summed E-state index contributed by atoms with van der Waals surface area (Å²) in [6.07, 6.45) is 4.60. The van der Waals surface area contributed by atoms with Gasteiger partial charge in [0, 0.05) is 12.3 Å². The van der Waals surface area contributed by atoms with Crippen molar-refractivity contribution < 1.29 is 9.26 Å². The van der Waals surface area contributed by atoms with E-state index in [9.17, 15) is 0 Å². The van der Waals surface area contributed by atoms with Crippen molar-refractivity contribution in [2.45, 2.75) is 6.54 Å². The van der Waals surface area contributed by atoms with Gasteiger partial charge in [-0.25, -0.2) is 9.97 Å². The van der Waals surface area contributed by atoms with Crippen molar-refractivity contribution in [3.05, 3.63) is 30.7 Å². The van der Waals surface area contributed by atoms with Crippen LogP contribution in [0.15, 0.2) is 29.3 Å². The summed E-state index contributed by atoms with van der Waals surface area (Å²) in [6.45, 7) is 0.340. The van der Waals surface area contributed by atoms with Crippen LogP contribution in [0.4, 0.5) is 5.69 Å². The lowest BCUT2D eigenvalue weighted by Gasteiger charge is -1.97. The van der Waals surface area contributed by atoms with E-state index in [0.717, 1.165) is 0 Å². The van der Waals surface area contributed by atoms with Crippen LogP contribution in [0.5, 0.6) is 5.88 Å². The van der Waals surface area contributed by atoms with Gasteiger partial charge in [0.1, 0.15) is 18.6 Å². The monoisotopic (exact) mass is 273 g/mol. The van der Waals surface area contributed by atoms with Crippen LogP contribution in [0.2, 0.25) is 0 Å². The number of rotatable bonds is 4. The maximum atomic E-state index is 5.58. The van der Waals surface area contributed by atoms with E-state index in [2.05, 4.69) is 25.2 Å². The quantitative estimate of drug-likeness (QED) is 0.724. The van der Waals surface area contributed by atoms with Gasteiger partial charge in [0.15, 0.2) is 0 Å². The van der Waals surface area contributed by atoms with Crippen molar-refractivity contribution in [1.29, 1.82) is 0 Å². The molecule has 0 unspecified atom stereocenters. The fourth-order valence-corrected chi connectivity index (χ4v) is 1.60. The number of aromatic nitrogens is 6. The minimum absolute atomic E-state index is 0.340. The van der Waals surface area contributed by atoms with E-state index < -0.39 is 0 Å². The average molecular weight is 273 g/mol. The molecule has 3 rings (SSSR count). The Kier molecular flexibility index (Phi) is 2.99. The minimum atomic E-state index is 0.340. The molecule has 0 aliphatic carbocycles. The molecule has 0 bridgehead atoms. The van der Waals surface area contributed by atoms with E-state index in [4.69, 9.17) is 15.0 Å². The van der Waals surface area contributed by atoms with Gasteiger partial charge in [-0.2, -0.15) is 10.1 Å². The average Bonchev–Trinajstić information content (AvgIpc) is 3.09. The highest BCUT2D eigenvalue weighted by Gasteiger charge is 2.11. The zero-order valence-corrected chi connectivity index (χ0v) is 10.6. The normalized spacial score (nSPS) is 10.7. The van der Waals surface area contributed by atoms with Crippen LogP contribution in [0.25, 0.3) is 11.5 Å². The molecule has 0 aliphatic rings. The van der Waals surface area contributed by atoms with Crippen molar-refractivity contribution in [2.24, 2.45) is 0 Å². The highest BCUT2D eigenvalue weighted by atomic mass is 16.5. The van der Waals surface area contributed by atoms with E-state index in [1.165, 1.54) is 13.4 Å². The van der Waals surface area contributed by atoms with E-state index in [1.807, 2.05) is 0 Å². The maximum Gasteiger partial charge on any atom is 0.248 e. The van der Waals surface area contributed by atoms with Crippen LogP contribution < -0.4 is 10.5 Å². The summed E-state index contributed by atoms with van der Waals surface area (Å²) in [7, 11) is 1.52. The summed E-state index contributed by atoms with van der Waals surface area (Å²) in [6, 6.07) is 1.63. The predicted octanol–water partition coefficient (Wildman–Crippen LogP) is 0.362. The molecule has 3 heterocycles. The maximum absolute atomic E-state index is 5.58. The third-order valence-corrected chi connectivity index (χ3v) is 2.50. The Morgan fingerprint density at radius 2 is 2.30 bits per heavy atom. The van der Waals surface area contributed by atoms with Crippen LogP contribution in [0.3, 0.4) is 0 Å². The Hall–Kier alpha value is -2.97. The van der Waals surface area contributed by atoms with Crippen molar-refractivity contribution in [3.63, 3.8) is 0 Å². The van der Waals surface area contributed by atoms with Gasteiger partial charge in [0.2, 0.25) is 17.6 Å². The Balaban J connectivity index is 1.82. The van der Waals surface area contributed by atoms with Gasteiger partial charge in [-0.1, -0.05) is 5.16 Å². The summed E-state index contributed by atoms with van der Waals surface area (Å²) in [4.78, 5) is 12.2. The van der Waals surface area contributed by atoms with Gasteiger partial charge in [-0.15, -0.1) is 0 Å². The molecule has 3 aromatic rings. The summed E-state index contributed by atoms with van der Waals surface area (Å²) >= 11 is 0. The highest BCUT2D eigenvalue weighted by molar-refractivity contribution is 5.49. The van der Waals surface area contributed by atoms with Crippen molar-refractivity contribution >= 4 is 5.69 Å². The Morgan fingerprint density at radius 3 is 3.05 bits per heavy atom. The van der Waals surface area contributed by atoms with Crippen LogP contribution in [-0.4, -0.2) is 37.0 Å². The lowest BCUT2D eigenvalue weighted by atomic mass is 10.4. The molecule has 0 fully saturated rings. The number of hydrogen-bond acceptors (Lipinski definition) is 8. The fraction of sp³-hybridized carbons (Fsp3) is 0.182. The molecule has 0 aliphatic heterocycles. The van der Waals surface area contributed by atoms with Gasteiger partial charge in [0.05, 0.1) is 19.0 Å². The summed E-state index contributed by atoms with van der Waals surface area (Å²) < 4.78 is 11.8. The van der Waals surface area contributed by atoms with E-state index >= 15 is 0 Å². The molecule has 0 saturated carbocycles. The second-order valence-electron chi connectivity index (χ2n) is 3.93. The van der Waals surface area contributed by atoms with Gasteiger partial charge < -0.3 is 15.0 Å². The molecule has 0 saturated heterocycles. The van der Waals surface area contributed by atoms with Crippen molar-refractivity contribution in [2.75, 3.05) is 12.8 Å². The van der Waals surface area contributed by atoms with Crippen LogP contribution in [0.1, 0.15) is 5.89 Å². The van der Waals surface area contributed by atoms with Crippen LogP contribution in [0, 0.1) is 0 Å². The lowest BCUT2D eigenvalue weighted by molar-refractivity contribution is 0.366. The summed E-state index contributed by atoms with van der Waals surface area (Å²) in [5.74, 6) is 1.20. The van der Waals surface area contributed by atoms with Gasteiger partial charge >= 0.3 is 0 Å².